The Morgan fingerprint density at radius 3 is 2.73 bits per heavy atom. The fourth-order valence-electron chi connectivity index (χ4n) is 4.43. The Kier molecular flexibility index (Phi) is 6.46. The van der Waals surface area contributed by atoms with E-state index in [2.05, 4.69) is 10.3 Å². The van der Waals surface area contributed by atoms with Gasteiger partial charge in [0.15, 0.2) is 0 Å². The summed E-state index contributed by atoms with van der Waals surface area (Å²) in [6, 6.07) is -0.137. The molecule has 2 aliphatic heterocycles. The molecule has 2 saturated heterocycles. The highest BCUT2D eigenvalue weighted by molar-refractivity contribution is 7.15. The number of piperidine rings is 2. The monoisotopic (exact) mass is 478 g/mol. The Labute approximate surface area is 195 Å². The van der Waals surface area contributed by atoms with Crippen molar-refractivity contribution in [3.8, 4) is 0 Å². The van der Waals surface area contributed by atoms with E-state index in [-0.39, 0.29) is 23.7 Å². The number of amides is 2. The van der Waals surface area contributed by atoms with Crippen LogP contribution in [-0.4, -0.2) is 69.0 Å². The molecule has 2 aliphatic rings. The van der Waals surface area contributed by atoms with Gasteiger partial charge in [-0.1, -0.05) is 11.3 Å². The van der Waals surface area contributed by atoms with E-state index < -0.39 is 16.6 Å². The second-order valence-electron chi connectivity index (χ2n) is 9.63. The number of thiazole rings is 1. The maximum atomic E-state index is 13.0. The summed E-state index contributed by atoms with van der Waals surface area (Å²) in [5, 5.41) is 16.6. The molecule has 0 unspecified atom stereocenters. The highest BCUT2D eigenvalue weighted by atomic mass is 32.1. The quantitative estimate of drug-likeness (QED) is 0.529. The Morgan fingerprint density at radius 2 is 2.00 bits per heavy atom. The van der Waals surface area contributed by atoms with Gasteiger partial charge in [0, 0.05) is 37.6 Å². The number of ether oxygens (including phenoxy) is 1. The number of fused-ring (bicyclic) bond motifs is 1. The molecule has 4 rings (SSSR count). The van der Waals surface area contributed by atoms with Crippen LogP contribution in [0.25, 0.3) is 4.96 Å². The van der Waals surface area contributed by atoms with Crippen LogP contribution in [0.5, 0.6) is 0 Å². The number of nitrogens with one attached hydrogen (secondary N) is 1. The topological polar surface area (TPSA) is 122 Å². The molecule has 4 heterocycles. The van der Waals surface area contributed by atoms with Crippen molar-refractivity contribution in [2.75, 3.05) is 31.1 Å². The highest BCUT2D eigenvalue weighted by Gasteiger charge is 2.34. The molecule has 2 atom stereocenters. The molecule has 11 nitrogen and oxygen atoms in total. The number of anilines is 1. The van der Waals surface area contributed by atoms with Gasteiger partial charge >= 0.3 is 11.9 Å². The number of carbonyl (C=O) groups excluding carboxylic acids is 2. The van der Waals surface area contributed by atoms with Crippen molar-refractivity contribution in [1.29, 1.82) is 0 Å². The lowest BCUT2D eigenvalue weighted by molar-refractivity contribution is -0.389. The van der Waals surface area contributed by atoms with Gasteiger partial charge in [-0.05, 0) is 51.4 Å². The van der Waals surface area contributed by atoms with Gasteiger partial charge in [0.05, 0.1) is 5.92 Å². The van der Waals surface area contributed by atoms with Gasteiger partial charge in [0.1, 0.15) is 11.8 Å². The van der Waals surface area contributed by atoms with Crippen LogP contribution >= 0.6 is 11.3 Å². The van der Waals surface area contributed by atoms with Crippen molar-refractivity contribution >= 4 is 39.9 Å². The van der Waals surface area contributed by atoms with Crippen LogP contribution in [0.4, 0.5) is 16.4 Å². The number of rotatable bonds is 4. The zero-order chi connectivity index (χ0) is 23.8. The molecule has 0 radical (unpaired) electrons. The molecule has 0 spiro atoms. The summed E-state index contributed by atoms with van der Waals surface area (Å²) in [5.41, 5.74) is -0.581. The molecular weight excluding hydrogens is 448 g/mol. The normalized spacial score (nSPS) is 21.8. The fourth-order valence-corrected chi connectivity index (χ4v) is 5.14. The number of likely N-dealkylation sites (tertiary alicyclic amines) is 1. The van der Waals surface area contributed by atoms with Gasteiger partial charge in [0.2, 0.25) is 11.7 Å². The number of nitrogens with zero attached hydrogens (tertiary/aromatic N) is 5. The first-order valence-corrected chi connectivity index (χ1v) is 12.1. The Morgan fingerprint density at radius 1 is 1.24 bits per heavy atom. The standard InChI is InChI=1S/C21H30N6O5S/c1-21(2,3)32-20(29)25-9-4-6-14(12-25)17(28)22-15-7-5-8-24(13-15)16-18(27(30)31)26-10-11-33-19(26)23-16/h10-11,14-15H,4-9,12-13H2,1-3H3,(H,22,28)/t14-,15-/m0/s1. The molecule has 12 heteroatoms. The average molecular weight is 479 g/mol. The third kappa shape index (κ3) is 5.21. The Bertz CT molecular complexity index is 1040. The maximum absolute atomic E-state index is 13.0. The maximum Gasteiger partial charge on any atom is 0.410 e. The molecule has 0 bridgehead atoms. The van der Waals surface area contributed by atoms with Crippen molar-refractivity contribution in [3.05, 3.63) is 21.7 Å². The first-order chi connectivity index (χ1) is 15.6. The number of hydrogen-bond acceptors (Lipinski definition) is 8. The molecule has 0 aromatic carbocycles. The van der Waals surface area contributed by atoms with Gasteiger partial charge in [-0.3, -0.25) is 4.79 Å². The number of nitro groups is 1. The summed E-state index contributed by atoms with van der Waals surface area (Å²) in [5.74, 6) is -0.0811. The fraction of sp³-hybridized carbons (Fsp3) is 0.667. The van der Waals surface area contributed by atoms with Crippen LogP contribution in [0.3, 0.4) is 0 Å². The van der Waals surface area contributed by atoms with E-state index >= 15 is 0 Å². The first-order valence-electron chi connectivity index (χ1n) is 11.3. The van der Waals surface area contributed by atoms with Gasteiger partial charge in [-0.2, -0.15) is 9.38 Å². The zero-order valence-corrected chi connectivity index (χ0v) is 20.0. The van der Waals surface area contributed by atoms with Crippen molar-refractivity contribution < 1.29 is 19.2 Å². The Hall–Kier alpha value is -2.89. The Balaban J connectivity index is 1.39. The van der Waals surface area contributed by atoms with Crippen LogP contribution in [0.2, 0.25) is 0 Å². The molecule has 33 heavy (non-hydrogen) atoms. The van der Waals surface area contributed by atoms with Crippen LogP contribution < -0.4 is 10.2 Å². The number of carbonyl (C=O) groups is 2. The van der Waals surface area contributed by atoms with E-state index in [0.717, 1.165) is 19.3 Å². The minimum absolute atomic E-state index is 0.0430. The lowest BCUT2D eigenvalue weighted by Gasteiger charge is -2.36. The predicted molar refractivity (Wildman–Crippen MR) is 124 cm³/mol. The smallest absolute Gasteiger partial charge is 0.410 e. The van der Waals surface area contributed by atoms with Crippen LogP contribution in [-0.2, 0) is 9.53 Å². The molecule has 2 aromatic rings. The lowest BCUT2D eigenvalue weighted by atomic mass is 9.96. The molecule has 180 valence electrons. The lowest BCUT2D eigenvalue weighted by Crippen LogP contribution is -2.52. The number of imidazole rings is 1. The zero-order valence-electron chi connectivity index (χ0n) is 19.2. The van der Waals surface area contributed by atoms with Crippen molar-refractivity contribution in [3.63, 3.8) is 0 Å². The van der Waals surface area contributed by atoms with E-state index in [0.29, 0.717) is 43.4 Å². The van der Waals surface area contributed by atoms with Gasteiger partial charge in [0.25, 0.3) is 4.96 Å². The number of aromatic nitrogens is 2. The van der Waals surface area contributed by atoms with E-state index in [1.807, 2.05) is 25.7 Å². The predicted octanol–water partition coefficient (Wildman–Crippen LogP) is 3.04. The molecule has 0 aliphatic carbocycles. The summed E-state index contributed by atoms with van der Waals surface area (Å²) in [7, 11) is 0. The van der Waals surface area contributed by atoms with E-state index in [1.165, 1.54) is 15.7 Å². The second kappa shape index (κ2) is 9.16. The summed E-state index contributed by atoms with van der Waals surface area (Å²) < 4.78 is 6.95. The molecule has 2 amide bonds. The van der Waals surface area contributed by atoms with Crippen LogP contribution in [0, 0.1) is 16.0 Å². The molecule has 1 N–H and O–H groups in total. The third-order valence-electron chi connectivity index (χ3n) is 5.90. The SMILES string of the molecule is CC(C)(C)OC(=O)N1CCC[C@H](C(=O)N[C@H]2CCCN(c3nc4sccn4c3[N+](=O)[O-])C2)C1. The van der Waals surface area contributed by atoms with Crippen molar-refractivity contribution in [1.82, 2.24) is 19.6 Å². The largest absolute Gasteiger partial charge is 0.444 e. The van der Waals surface area contributed by atoms with Crippen molar-refractivity contribution in [2.45, 2.75) is 58.1 Å². The van der Waals surface area contributed by atoms with E-state index in [9.17, 15) is 19.7 Å². The summed E-state index contributed by atoms with van der Waals surface area (Å²) in [4.78, 5) is 45.2. The van der Waals surface area contributed by atoms with E-state index in [4.69, 9.17) is 4.74 Å². The average Bonchev–Trinajstić information content (AvgIpc) is 3.34. The highest BCUT2D eigenvalue weighted by Crippen LogP contribution is 2.32. The van der Waals surface area contributed by atoms with Gasteiger partial charge in [-0.25, -0.2) is 4.79 Å². The third-order valence-corrected chi connectivity index (χ3v) is 6.66. The summed E-state index contributed by atoms with van der Waals surface area (Å²) in [6.07, 6.45) is 4.30. The van der Waals surface area contributed by atoms with Gasteiger partial charge < -0.3 is 30.0 Å². The second-order valence-corrected chi connectivity index (χ2v) is 10.5. The first kappa shape index (κ1) is 23.3. The minimum Gasteiger partial charge on any atom is -0.444 e. The molecule has 0 saturated carbocycles. The minimum atomic E-state index is -0.581. The van der Waals surface area contributed by atoms with E-state index in [1.54, 1.807) is 16.5 Å². The van der Waals surface area contributed by atoms with Crippen LogP contribution in [0.1, 0.15) is 46.5 Å². The molecular formula is C21H30N6O5S. The van der Waals surface area contributed by atoms with Crippen LogP contribution in [0.15, 0.2) is 11.6 Å². The van der Waals surface area contributed by atoms with Crippen molar-refractivity contribution in [2.24, 2.45) is 5.92 Å². The molecule has 2 fully saturated rings. The number of hydrogen-bond donors (Lipinski definition) is 1. The summed E-state index contributed by atoms with van der Waals surface area (Å²) in [6.45, 7) is 7.48. The molecule has 2 aromatic heterocycles. The summed E-state index contributed by atoms with van der Waals surface area (Å²) >= 11 is 1.35. The van der Waals surface area contributed by atoms with Gasteiger partial charge in [-0.15, -0.1) is 0 Å².